The van der Waals surface area contributed by atoms with Crippen LogP contribution < -0.4 is 10.6 Å². The van der Waals surface area contributed by atoms with Crippen molar-refractivity contribution >= 4 is 21.6 Å². The fourth-order valence-electron chi connectivity index (χ4n) is 2.11. The van der Waals surface area contributed by atoms with Crippen LogP contribution in [0.3, 0.4) is 0 Å². The molecule has 2 unspecified atom stereocenters. The van der Waals surface area contributed by atoms with Crippen molar-refractivity contribution < 1.29 is 4.39 Å². The average molecular weight is 287 g/mol. The van der Waals surface area contributed by atoms with Crippen LogP contribution in [0.4, 0.5) is 10.1 Å². The Morgan fingerprint density at radius 2 is 2.25 bits per heavy atom. The van der Waals surface area contributed by atoms with Crippen LogP contribution in [0.15, 0.2) is 22.7 Å². The first-order valence-electron chi connectivity index (χ1n) is 5.53. The minimum Gasteiger partial charge on any atom is -0.369 e. The molecule has 1 fully saturated rings. The molecule has 1 saturated heterocycles. The maximum absolute atomic E-state index is 13.7. The van der Waals surface area contributed by atoms with Crippen molar-refractivity contribution in [3.05, 3.63) is 28.5 Å². The second kappa shape index (κ2) is 4.72. The first kappa shape index (κ1) is 11.9. The largest absolute Gasteiger partial charge is 0.369 e. The molecule has 4 heteroatoms. The second-order valence-electron chi connectivity index (χ2n) is 4.47. The standard InChI is InChI=1S/C12H16BrFN2/c1-8-7-16(5-4-11(8)15)12-6-9(13)2-3-10(12)14/h2-3,6,8,11H,4-5,7,15H2,1H3. The van der Waals surface area contributed by atoms with Crippen LogP contribution in [0.1, 0.15) is 13.3 Å². The van der Waals surface area contributed by atoms with Crippen molar-refractivity contribution in [3.8, 4) is 0 Å². The Bertz CT molecular complexity index is 383. The number of hydrogen-bond acceptors (Lipinski definition) is 2. The summed E-state index contributed by atoms with van der Waals surface area (Å²) < 4.78 is 14.6. The molecule has 16 heavy (non-hydrogen) atoms. The quantitative estimate of drug-likeness (QED) is 0.860. The smallest absolute Gasteiger partial charge is 0.146 e. The summed E-state index contributed by atoms with van der Waals surface area (Å²) in [6.45, 7) is 3.78. The minimum absolute atomic E-state index is 0.161. The zero-order valence-electron chi connectivity index (χ0n) is 9.29. The van der Waals surface area contributed by atoms with E-state index in [1.807, 2.05) is 6.07 Å². The van der Waals surface area contributed by atoms with E-state index in [0.29, 0.717) is 11.6 Å². The average Bonchev–Trinajstić information content (AvgIpc) is 2.26. The molecule has 2 rings (SSSR count). The van der Waals surface area contributed by atoms with Crippen LogP contribution in [0.25, 0.3) is 0 Å². The third-order valence-corrected chi connectivity index (χ3v) is 3.71. The fourth-order valence-corrected chi connectivity index (χ4v) is 2.46. The predicted octanol–water partition coefficient (Wildman–Crippen LogP) is 2.76. The van der Waals surface area contributed by atoms with Crippen molar-refractivity contribution in [2.45, 2.75) is 19.4 Å². The number of halogens is 2. The van der Waals surface area contributed by atoms with Gasteiger partial charge in [0, 0.05) is 23.6 Å². The van der Waals surface area contributed by atoms with Gasteiger partial charge in [0.2, 0.25) is 0 Å². The van der Waals surface area contributed by atoms with Crippen LogP contribution in [-0.4, -0.2) is 19.1 Å². The molecule has 0 aromatic heterocycles. The lowest BCUT2D eigenvalue weighted by Crippen LogP contribution is -2.46. The Kier molecular flexibility index (Phi) is 3.50. The van der Waals surface area contributed by atoms with Crippen molar-refractivity contribution in [3.63, 3.8) is 0 Å². The molecule has 0 aliphatic carbocycles. The van der Waals surface area contributed by atoms with Gasteiger partial charge in [0.15, 0.2) is 0 Å². The lowest BCUT2D eigenvalue weighted by molar-refractivity contribution is 0.380. The third-order valence-electron chi connectivity index (χ3n) is 3.22. The van der Waals surface area contributed by atoms with Crippen molar-refractivity contribution in [2.75, 3.05) is 18.0 Å². The van der Waals surface area contributed by atoms with Gasteiger partial charge in [0.05, 0.1) is 5.69 Å². The summed E-state index contributed by atoms with van der Waals surface area (Å²) in [4.78, 5) is 2.08. The Labute approximate surface area is 104 Å². The van der Waals surface area contributed by atoms with Gasteiger partial charge in [-0.15, -0.1) is 0 Å². The minimum atomic E-state index is -0.161. The molecule has 2 atom stereocenters. The molecule has 0 spiro atoms. The van der Waals surface area contributed by atoms with E-state index in [2.05, 4.69) is 27.8 Å². The maximum atomic E-state index is 13.7. The van der Waals surface area contributed by atoms with Crippen molar-refractivity contribution in [1.29, 1.82) is 0 Å². The van der Waals surface area contributed by atoms with Gasteiger partial charge in [0.1, 0.15) is 5.82 Å². The predicted molar refractivity (Wildman–Crippen MR) is 68.1 cm³/mol. The van der Waals surface area contributed by atoms with E-state index in [4.69, 9.17) is 5.73 Å². The maximum Gasteiger partial charge on any atom is 0.146 e. The molecule has 1 heterocycles. The van der Waals surface area contributed by atoms with Gasteiger partial charge in [-0.1, -0.05) is 22.9 Å². The normalized spacial score (nSPS) is 25.9. The van der Waals surface area contributed by atoms with Gasteiger partial charge in [-0.3, -0.25) is 0 Å². The Morgan fingerprint density at radius 1 is 1.50 bits per heavy atom. The number of rotatable bonds is 1. The molecule has 88 valence electrons. The zero-order valence-corrected chi connectivity index (χ0v) is 10.9. The van der Waals surface area contributed by atoms with Gasteiger partial charge >= 0.3 is 0 Å². The highest BCUT2D eigenvalue weighted by molar-refractivity contribution is 9.10. The van der Waals surface area contributed by atoms with E-state index >= 15 is 0 Å². The van der Waals surface area contributed by atoms with Crippen LogP contribution in [0.5, 0.6) is 0 Å². The first-order chi connectivity index (χ1) is 7.58. The van der Waals surface area contributed by atoms with E-state index in [0.717, 1.165) is 24.0 Å². The SMILES string of the molecule is CC1CN(c2cc(Br)ccc2F)CCC1N. The molecular formula is C12H16BrFN2. The Balaban J connectivity index is 2.21. The van der Waals surface area contributed by atoms with Gasteiger partial charge in [-0.25, -0.2) is 4.39 Å². The van der Waals surface area contributed by atoms with Gasteiger partial charge in [0.25, 0.3) is 0 Å². The highest BCUT2D eigenvalue weighted by atomic mass is 79.9. The van der Waals surface area contributed by atoms with Gasteiger partial charge < -0.3 is 10.6 Å². The molecule has 0 bridgehead atoms. The summed E-state index contributed by atoms with van der Waals surface area (Å²) in [5.41, 5.74) is 6.63. The molecular weight excluding hydrogens is 271 g/mol. The highest BCUT2D eigenvalue weighted by Crippen LogP contribution is 2.27. The van der Waals surface area contributed by atoms with Gasteiger partial charge in [-0.2, -0.15) is 0 Å². The topological polar surface area (TPSA) is 29.3 Å². The molecule has 0 amide bonds. The molecule has 2 nitrogen and oxygen atoms in total. The van der Waals surface area contributed by atoms with Crippen LogP contribution in [-0.2, 0) is 0 Å². The van der Waals surface area contributed by atoms with Crippen LogP contribution >= 0.6 is 15.9 Å². The second-order valence-corrected chi connectivity index (χ2v) is 5.39. The third kappa shape index (κ3) is 2.38. The molecule has 1 aliphatic rings. The van der Waals surface area contributed by atoms with Crippen molar-refractivity contribution in [1.82, 2.24) is 0 Å². The van der Waals surface area contributed by atoms with E-state index in [1.54, 1.807) is 6.07 Å². The monoisotopic (exact) mass is 286 g/mol. The Hall–Kier alpha value is -0.610. The summed E-state index contributed by atoms with van der Waals surface area (Å²) in [6.07, 6.45) is 0.924. The van der Waals surface area contributed by atoms with E-state index < -0.39 is 0 Å². The first-order valence-corrected chi connectivity index (χ1v) is 6.33. The number of piperidine rings is 1. The van der Waals surface area contributed by atoms with Crippen LogP contribution in [0.2, 0.25) is 0 Å². The summed E-state index contributed by atoms with van der Waals surface area (Å²) in [7, 11) is 0. The summed E-state index contributed by atoms with van der Waals surface area (Å²) in [6, 6.07) is 5.29. The number of nitrogens with two attached hydrogens (primary N) is 1. The zero-order chi connectivity index (χ0) is 11.7. The van der Waals surface area contributed by atoms with Crippen LogP contribution in [0, 0.1) is 11.7 Å². The summed E-state index contributed by atoms with van der Waals surface area (Å²) >= 11 is 3.37. The lowest BCUT2D eigenvalue weighted by Gasteiger charge is -2.36. The fraction of sp³-hybridized carbons (Fsp3) is 0.500. The molecule has 1 aromatic carbocycles. The van der Waals surface area contributed by atoms with Crippen molar-refractivity contribution in [2.24, 2.45) is 11.7 Å². The molecule has 0 radical (unpaired) electrons. The lowest BCUT2D eigenvalue weighted by atomic mass is 9.94. The number of nitrogens with zero attached hydrogens (tertiary/aromatic N) is 1. The molecule has 2 N–H and O–H groups in total. The molecule has 0 saturated carbocycles. The molecule has 1 aliphatic heterocycles. The Morgan fingerprint density at radius 3 is 2.94 bits per heavy atom. The van der Waals surface area contributed by atoms with Gasteiger partial charge in [-0.05, 0) is 30.5 Å². The number of hydrogen-bond donors (Lipinski definition) is 1. The summed E-state index contributed by atoms with van der Waals surface area (Å²) in [5.74, 6) is 0.248. The van der Waals surface area contributed by atoms with E-state index in [-0.39, 0.29) is 11.9 Å². The number of anilines is 1. The highest BCUT2D eigenvalue weighted by Gasteiger charge is 2.24. The molecule has 1 aromatic rings. The summed E-state index contributed by atoms with van der Waals surface area (Å²) in [5, 5.41) is 0. The van der Waals surface area contributed by atoms with E-state index in [9.17, 15) is 4.39 Å². The number of benzene rings is 1. The van der Waals surface area contributed by atoms with E-state index in [1.165, 1.54) is 6.07 Å².